The Labute approximate surface area is 319 Å². The molecule has 2 aromatic heterocycles. The lowest BCUT2D eigenvalue weighted by Crippen LogP contribution is -2.61. The number of thiophene rings is 1. The van der Waals surface area contributed by atoms with Crippen LogP contribution < -0.4 is 25.4 Å². The van der Waals surface area contributed by atoms with Crippen LogP contribution in [0.2, 0.25) is 5.02 Å². The number of alkyl carbamates (subject to hydrolysis) is 1. The van der Waals surface area contributed by atoms with Gasteiger partial charge in [0.1, 0.15) is 35.5 Å². The van der Waals surface area contributed by atoms with Gasteiger partial charge in [0.2, 0.25) is 5.69 Å². The Morgan fingerprint density at radius 3 is 2.70 bits per heavy atom. The van der Waals surface area contributed by atoms with Gasteiger partial charge in [0.05, 0.1) is 44.4 Å². The molecule has 0 radical (unpaired) electrons. The zero-order valence-corrected chi connectivity index (χ0v) is 31.9. The number of rotatable bonds is 7. The third-order valence-corrected chi connectivity index (χ3v) is 12.4. The van der Waals surface area contributed by atoms with Crippen LogP contribution in [0, 0.1) is 18.2 Å². The molecule has 11 nitrogen and oxygen atoms in total. The standard InChI is InChI=1S/C38H41ClF3N7O4S/c1-36(2,3)53-35(50)47-37(10-5-11-37)18-48-13-7-15-51-30-25-28(45-34(46-33(25)48)52-19-38-12-6-14-49(38)17-20(40)16-38)27(42)23(26(30)39)21-8-9-22(41)31-24(21)29(44-4)32(43)54-31/h8-9,20H,5-7,10-19,43H2,1-3H3,(H,47,50)/t20-,38+/m1/s1. The summed E-state index contributed by atoms with van der Waals surface area (Å²) in [5.74, 6) is -1.03. The molecule has 16 heteroatoms. The Hall–Kier alpha value is -4.26. The van der Waals surface area contributed by atoms with Crippen LogP contribution >= 0.6 is 22.9 Å². The van der Waals surface area contributed by atoms with Gasteiger partial charge >= 0.3 is 12.1 Å². The van der Waals surface area contributed by atoms with Gasteiger partial charge in [0.15, 0.2) is 11.6 Å². The molecule has 0 unspecified atom stereocenters. The van der Waals surface area contributed by atoms with Gasteiger partial charge in [-0.1, -0.05) is 17.7 Å². The number of hydrogen-bond donors (Lipinski definition) is 2. The molecule has 1 saturated carbocycles. The fraction of sp³-hybridized carbons (Fsp3) is 0.526. The number of alkyl halides is 1. The van der Waals surface area contributed by atoms with E-state index in [1.807, 2.05) is 4.90 Å². The van der Waals surface area contributed by atoms with Crippen LogP contribution in [0.5, 0.6) is 11.8 Å². The van der Waals surface area contributed by atoms with E-state index in [-0.39, 0.29) is 72.8 Å². The lowest BCUT2D eigenvalue weighted by atomic mass is 9.76. The minimum absolute atomic E-state index is 0.00592. The number of fused-ring (bicyclic) bond motifs is 2. The number of ether oxygens (including phenoxy) is 3. The van der Waals surface area contributed by atoms with Gasteiger partial charge in [-0.25, -0.2) is 22.8 Å². The Bertz CT molecular complexity index is 2220. The second-order valence-corrected chi connectivity index (χ2v) is 17.3. The van der Waals surface area contributed by atoms with Crippen molar-refractivity contribution in [2.75, 3.05) is 50.0 Å². The summed E-state index contributed by atoms with van der Waals surface area (Å²) in [6, 6.07) is 2.45. The van der Waals surface area contributed by atoms with E-state index in [4.69, 9.17) is 43.1 Å². The van der Waals surface area contributed by atoms with Crippen molar-refractivity contribution in [1.29, 1.82) is 0 Å². The molecule has 286 valence electrons. The molecule has 2 atom stereocenters. The highest BCUT2D eigenvalue weighted by molar-refractivity contribution is 7.23. The summed E-state index contributed by atoms with van der Waals surface area (Å²) in [6.45, 7) is 15.4. The maximum atomic E-state index is 17.5. The summed E-state index contributed by atoms with van der Waals surface area (Å²) in [4.78, 5) is 30.2. The number of anilines is 2. The Balaban J connectivity index is 1.30. The Morgan fingerprint density at radius 2 is 1.98 bits per heavy atom. The summed E-state index contributed by atoms with van der Waals surface area (Å²) in [5, 5.41) is 3.45. The molecular formula is C38H41ClF3N7O4S. The third kappa shape index (κ3) is 6.29. The highest BCUT2D eigenvalue weighted by Crippen LogP contribution is 2.53. The minimum atomic E-state index is -0.979. The van der Waals surface area contributed by atoms with E-state index < -0.39 is 40.6 Å². The van der Waals surface area contributed by atoms with Gasteiger partial charge in [-0.15, -0.1) is 11.3 Å². The summed E-state index contributed by atoms with van der Waals surface area (Å²) < 4.78 is 65.6. The van der Waals surface area contributed by atoms with E-state index in [0.29, 0.717) is 51.1 Å². The average Bonchev–Trinajstić information content (AvgIpc) is 3.73. The van der Waals surface area contributed by atoms with Crippen LogP contribution in [0.1, 0.15) is 65.7 Å². The zero-order chi connectivity index (χ0) is 38.2. The van der Waals surface area contributed by atoms with Crippen molar-refractivity contribution >= 4 is 66.5 Å². The summed E-state index contributed by atoms with van der Waals surface area (Å²) in [7, 11) is 0. The molecule has 1 aliphatic carbocycles. The number of nitrogens with one attached hydrogen (secondary N) is 1. The first-order valence-corrected chi connectivity index (χ1v) is 19.4. The van der Waals surface area contributed by atoms with Crippen LogP contribution in [0.25, 0.3) is 37.0 Å². The molecule has 3 fully saturated rings. The van der Waals surface area contributed by atoms with Gasteiger partial charge in [-0.05, 0) is 77.5 Å². The predicted octanol–water partition coefficient (Wildman–Crippen LogP) is 8.57. The van der Waals surface area contributed by atoms with E-state index in [9.17, 15) is 9.18 Å². The van der Waals surface area contributed by atoms with E-state index in [0.717, 1.165) is 37.1 Å². The zero-order valence-electron chi connectivity index (χ0n) is 30.3. The summed E-state index contributed by atoms with van der Waals surface area (Å²) >= 11 is 8.03. The number of carbonyl (C=O) groups excluding carboxylic acids is 1. The van der Waals surface area contributed by atoms with Crippen LogP contribution in [0.15, 0.2) is 12.1 Å². The number of benzene rings is 2. The maximum Gasteiger partial charge on any atom is 0.408 e. The van der Waals surface area contributed by atoms with Crippen molar-refractivity contribution in [3.05, 3.63) is 40.2 Å². The number of aromatic nitrogens is 2. The first-order valence-electron chi connectivity index (χ1n) is 18.2. The molecular weight excluding hydrogens is 743 g/mol. The molecule has 3 N–H and O–H groups in total. The van der Waals surface area contributed by atoms with Gasteiger partial charge in [0, 0.05) is 37.0 Å². The molecule has 2 saturated heterocycles. The van der Waals surface area contributed by atoms with Crippen molar-refractivity contribution in [2.45, 2.75) is 88.6 Å². The fourth-order valence-electron chi connectivity index (χ4n) is 8.54. The predicted molar refractivity (Wildman–Crippen MR) is 203 cm³/mol. The molecule has 8 rings (SSSR count). The minimum Gasteiger partial charge on any atom is -0.491 e. The smallest absolute Gasteiger partial charge is 0.408 e. The molecule has 1 amide bonds. The molecule has 0 bridgehead atoms. The summed E-state index contributed by atoms with van der Waals surface area (Å²) in [5.41, 5.74) is 4.14. The lowest BCUT2D eigenvalue weighted by molar-refractivity contribution is 0.0390. The number of nitrogens with zero attached hydrogens (tertiary/aromatic N) is 5. The first-order chi connectivity index (χ1) is 25.7. The van der Waals surface area contributed by atoms with Gasteiger partial charge in [-0.2, -0.15) is 9.97 Å². The highest BCUT2D eigenvalue weighted by Gasteiger charge is 2.49. The maximum absolute atomic E-state index is 17.5. The van der Waals surface area contributed by atoms with E-state index in [2.05, 4.69) is 20.0 Å². The van der Waals surface area contributed by atoms with Crippen molar-refractivity contribution in [3.63, 3.8) is 0 Å². The van der Waals surface area contributed by atoms with Crippen molar-refractivity contribution in [1.82, 2.24) is 20.2 Å². The molecule has 4 aliphatic rings. The molecule has 3 aliphatic heterocycles. The second-order valence-electron chi connectivity index (χ2n) is 15.9. The lowest BCUT2D eigenvalue weighted by Gasteiger charge is -2.46. The van der Waals surface area contributed by atoms with E-state index in [1.54, 1.807) is 20.8 Å². The molecule has 54 heavy (non-hydrogen) atoms. The number of carbonyl (C=O) groups is 1. The van der Waals surface area contributed by atoms with Crippen LogP contribution in [0.3, 0.4) is 0 Å². The fourth-order valence-corrected chi connectivity index (χ4v) is 9.81. The number of halogens is 4. The normalized spacial score (nSPS) is 22.3. The Kier molecular flexibility index (Phi) is 9.17. The number of amides is 1. The second kappa shape index (κ2) is 13.5. The van der Waals surface area contributed by atoms with Gasteiger partial charge in [-0.3, -0.25) is 4.90 Å². The molecule has 4 aromatic rings. The molecule has 2 aromatic carbocycles. The molecule has 0 spiro atoms. The van der Waals surface area contributed by atoms with Crippen LogP contribution in [-0.4, -0.2) is 83.2 Å². The van der Waals surface area contributed by atoms with Crippen LogP contribution in [0.4, 0.5) is 34.5 Å². The average molecular weight is 784 g/mol. The van der Waals surface area contributed by atoms with Crippen molar-refractivity contribution in [3.8, 4) is 22.9 Å². The van der Waals surface area contributed by atoms with E-state index >= 15 is 8.78 Å². The number of nitrogens with two attached hydrogens (primary N) is 1. The summed E-state index contributed by atoms with van der Waals surface area (Å²) in [6.07, 6.45) is 3.25. The highest BCUT2D eigenvalue weighted by atomic mass is 35.5. The van der Waals surface area contributed by atoms with Gasteiger partial charge in [0.25, 0.3) is 0 Å². The Morgan fingerprint density at radius 1 is 1.19 bits per heavy atom. The van der Waals surface area contributed by atoms with E-state index in [1.165, 1.54) is 12.1 Å². The monoisotopic (exact) mass is 783 g/mol. The van der Waals surface area contributed by atoms with Crippen molar-refractivity contribution < 1.29 is 32.2 Å². The van der Waals surface area contributed by atoms with Crippen molar-refractivity contribution in [2.24, 2.45) is 0 Å². The topological polar surface area (TPSA) is 119 Å². The number of hydrogen-bond acceptors (Lipinski definition) is 10. The largest absolute Gasteiger partial charge is 0.491 e. The quantitative estimate of drug-likeness (QED) is 0.178. The SMILES string of the molecule is [C-]#[N+]c1c(N)sc2c(F)ccc(-c3c(Cl)c4c5c(nc(OC[C@@]67CCCN6C[C@H](F)C7)nc5c3F)N(CC3(NC(=O)OC(C)(C)C)CCC3)CCCO4)c12. The first kappa shape index (κ1) is 36.7. The third-order valence-electron chi connectivity index (χ3n) is 11.0. The van der Waals surface area contributed by atoms with Crippen LogP contribution in [-0.2, 0) is 4.74 Å². The van der Waals surface area contributed by atoms with Gasteiger partial charge < -0.3 is 30.2 Å². The molecule has 5 heterocycles. The number of nitrogen functional groups attached to an aromatic ring is 1.